The molecule has 0 fully saturated rings. The molecule has 178 valence electrons. The molecule has 0 saturated carbocycles. The standard InChI is InChI=1S/C28H24ClNO5/c1-16-13-22-19(15-20(16)29)26(31)24-25(18-7-5-4-6-8-18)30(28(32)27(24)35-22)12-11-17-9-10-21(33-2)23(14-17)34-3/h4-10,13-15,25H,11-12H2,1-3H3. The molecule has 1 atom stereocenters. The van der Waals surface area contributed by atoms with Crippen molar-refractivity contribution in [2.45, 2.75) is 19.4 Å². The van der Waals surface area contributed by atoms with E-state index in [1.807, 2.05) is 55.5 Å². The first-order chi connectivity index (χ1) is 16.9. The topological polar surface area (TPSA) is 69.0 Å². The second-order valence-corrected chi connectivity index (χ2v) is 8.93. The average Bonchev–Trinajstić information content (AvgIpc) is 3.16. The summed E-state index contributed by atoms with van der Waals surface area (Å²) < 4.78 is 16.8. The predicted molar refractivity (Wildman–Crippen MR) is 135 cm³/mol. The molecule has 1 aromatic heterocycles. The average molecular weight is 490 g/mol. The monoisotopic (exact) mass is 489 g/mol. The summed E-state index contributed by atoms with van der Waals surface area (Å²) in [5.74, 6) is 1.04. The number of rotatable bonds is 6. The molecule has 1 amide bonds. The third-order valence-corrected chi connectivity index (χ3v) is 6.86. The van der Waals surface area contributed by atoms with Crippen molar-refractivity contribution in [1.82, 2.24) is 4.90 Å². The maximum atomic E-state index is 13.7. The first kappa shape index (κ1) is 23.0. The van der Waals surface area contributed by atoms with Gasteiger partial charge < -0.3 is 18.8 Å². The fourth-order valence-corrected chi connectivity index (χ4v) is 4.80. The van der Waals surface area contributed by atoms with Crippen LogP contribution in [0.15, 0.2) is 69.9 Å². The molecule has 35 heavy (non-hydrogen) atoms. The van der Waals surface area contributed by atoms with Gasteiger partial charge in [0.2, 0.25) is 5.76 Å². The van der Waals surface area contributed by atoms with Crippen molar-refractivity contribution in [1.29, 1.82) is 0 Å². The van der Waals surface area contributed by atoms with E-state index in [1.165, 1.54) is 0 Å². The normalized spacial score (nSPS) is 14.9. The molecule has 4 aromatic rings. The molecule has 7 heteroatoms. The summed E-state index contributed by atoms with van der Waals surface area (Å²) in [4.78, 5) is 29.0. The second-order valence-electron chi connectivity index (χ2n) is 8.52. The van der Waals surface area contributed by atoms with Gasteiger partial charge in [-0.15, -0.1) is 0 Å². The maximum Gasteiger partial charge on any atom is 0.290 e. The van der Waals surface area contributed by atoms with Gasteiger partial charge in [-0.2, -0.15) is 0 Å². The fraction of sp³-hybridized carbons (Fsp3) is 0.214. The van der Waals surface area contributed by atoms with E-state index < -0.39 is 6.04 Å². The minimum Gasteiger partial charge on any atom is -0.493 e. The highest BCUT2D eigenvalue weighted by Gasteiger charge is 2.42. The molecule has 3 aromatic carbocycles. The summed E-state index contributed by atoms with van der Waals surface area (Å²) in [6, 6.07) is 18.0. The number of amides is 1. The Labute approximate surface area is 207 Å². The number of methoxy groups -OCH3 is 2. The lowest BCUT2D eigenvalue weighted by atomic mass is 9.98. The molecule has 1 unspecified atom stereocenters. The van der Waals surface area contributed by atoms with E-state index in [4.69, 9.17) is 25.5 Å². The van der Waals surface area contributed by atoms with Crippen molar-refractivity contribution in [3.63, 3.8) is 0 Å². The van der Waals surface area contributed by atoms with Crippen LogP contribution in [0, 0.1) is 6.92 Å². The van der Waals surface area contributed by atoms with E-state index in [2.05, 4.69) is 0 Å². The molecular weight excluding hydrogens is 466 g/mol. The quantitative estimate of drug-likeness (QED) is 0.354. The number of ether oxygens (including phenoxy) is 2. The van der Waals surface area contributed by atoms with E-state index in [9.17, 15) is 9.59 Å². The Kier molecular flexibility index (Phi) is 5.99. The molecule has 6 nitrogen and oxygen atoms in total. The van der Waals surface area contributed by atoms with Gasteiger partial charge in [-0.05, 0) is 54.3 Å². The SMILES string of the molecule is COc1ccc(CCN2C(=O)c3oc4cc(C)c(Cl)cc4c(=O)c3C2c2ccccc2)cc1OC. The van der Waals surface area contributed by atoms with Crippen molar-refractivity contribution in [3.05, 3.63) is 104 Å². The minimum atomic E-state index is -0.556. The van der Waals surface area contributed by atoms with Gasteiger partial charge in [0.15, 0.2) is 16.9 Å². The van der Waals surface area contributed by atoms with E-state index in [0.29, 0.717) is 46.0 Å². The molecular formula is C28H24ClNO5. The lowest BCUT2D eigenvalue weighted by molar-refractivity contribution is 0.0730. The lowest BCUT2D eigenvalue weighted by Gasteiger charge is -2.25. The van der Waals surface area contributed by atoms with E-state index >= 15 is 0 Å². The number of aryl methyl sites for hydroxylation is 1. The van der Waals surface area contributed by atoms with Gasteiger partial charge in [-0.25, -0.2) is 0 Å². The molecule has 0 spiro atoms. The van der Waals surface area contributed by atoms with Crippen LogP contribution in [0.3, 0.4) is 0 Å². The van der Waals surface area contributed by atoms with Gasteiger partial charge in [0.25, 0.3) is 5.91 Å². The lowest BCUT2D eigenvalue weighted by Crippen LogP contribution is -2.31. The Balaban J connectivity index is 1.59. The van der Waals surface area contributed by atoms with Crippen LogP contribution in [0.1, 0.15) is 38.9 Å². The van der Waals surface area contributed by atoms with Crippen molar-refractivity contribution in [2.75, 3.05) is 20.8 Å². The molecule has 1 aliphatic heterocycles. The van der Waals surface area contributed by atoms with Crippen LogP contribution in [0.5, 0.6) is 11.5 Å². The Morgan fingerprint density at radius 2 is 1.71 bits per heavy atom. The molecule has 0 saturated heterocycles. The van der Waals surface area contributed by atoms with Gasteiger partial charge in [0.05, 0.1) is 31.2 Å². The van der Waals surface area contributed by atoms with Crippen LogP contribution < -0.4 is 14.9 Å². The Hall–Kier alpha value is -3.77. The fourth-order valence-electron chi connectivity index (χ4n) is 4.64. The molecule has 0 radical (unpaired) electrons. The molecule has 0 bridgehead atoms. The Morgan fingerprint density at radius 1 is 0.971 bits per heavy atom. The zero-order valence-electron chi connectivity index (χ0n) is 19.6. The smallest absolute Gasteiger partial charge is 0.290 e. The van der Waals surface area contributed by atoms with E-state index in [0.717, 1.165) is 16.7 Å². The number of fused-ring (bicyclic) bond motifs is 2. The number of carbonyl (C=O) groups is 1. The summed E-state index contributed by atoms with van der Waals surface area (Å²) >= 11 is 6.31. The molecule has 2 heterocycles. The number of nitrogens with zero attached hydrogens (tertiary/aromatic N) is 1. The zero-order valence-corrected chi connectivity index (χ0v) is 20.4. The van der Waals surface area contributed by atoms with Gasteiger partial charge in [-0.1, -0.05) is 48.0 Å². The molecule has 5 rings (SSSR count). The van der Waals surface area contributed by atoms with E-state index in [1.54, 1.807) is 31.3 Å². The first-order valence-electron chi connectivity index (χ1n) is 11.3. The van der Waals surface area contributed by atoms with Crippen molar-refractivity contribution in [3.8, 4) is 11.5 Å². The number of benzene rings is 3. The van der Waals surface area contributed by atoms with Crippen molar-refractivity contribution < 1.29 is 18.7 Å². The second kappa shape index (κ2) is 9.12. The van der Waals surface area contributed by atoms with Gasteiger partial charge >= 0.3 is 0 Å². The van der Waals surface area contributed by atoms with Gasteiger partial charge in [-0.3, -0.25) is 9.59 Å². The van der Waals surface area contributed by atoms with Gasteiger partial charge in [0, 0.05) is 11.6 Å². The third kappa shape index (κ3) is 3.94. The van der Waals surface area contributed by atoms with Gasteiger partial charge in [0.1, 0.15) is 5.58 Å². The van der Waals surface area contributed by atoms with Crippen molar-refractivity contribution in [2.24, 2.45) is 0 Å². The largest absolute Gasteiger partial charge is 0.493 e. The predicted octanol–water partition coefficient (Wildman–Crippen LogP) is 5.56. The molecule has 0 aliphatic carbocycles. The van der Waals surface area contributed by atoms with Crippen LogP contribution in [0.4, 0.5) is 0 Å². The zero-order chi connectivity index (χ0) is 24.7. The Bertz CT molecular complexity index is 1500. The van der Waals surface area contributed by atoms with Crippen LogP contribution in [0.2, 0.25) is 5.02 Å². The summed E-state index contributed by atoms with van der Waals surface area (Å²) in [5, 5.41) is 0.852. The summed E-state index contributed by atoms with van der Waals surface area (Å²) in [6.07, 6.45) is 0.558. The third-order valence-electron chi connectivity index (χ3n) is 6.45. The molecule has 1 aliphatic rings. The van der Waals surface area contributed by atoms with E-state index in [-0.39, 0.29) is 17.1 Å². The first-order valence-corrected chi connectivity index (χ1v) is 11.6. The van der Waals surface area contributed by atoms with Crippen LogP contribution >= 0.6 is 11.6 Å². The number of carbonyl (C=O) groups excluding carboxylic acids is 1. The highest BCUT2D eigenvalue weighted by atomic mass is 35.5. The highest BCUT2D eigenvalue weighted by molar-refractivity contribution is 6.32. The summed E-state index contributed by atoms with van der Waals surface area (Å²) in [7, 11) is 3.17. The van der Waals surface area contributed by atoms with Crippen molar-refractivity contribution >= 4 is 28.5 Å². The summed E-state index contributed by atoms with van der Waals surface area (Å²) in [6.45, 7) is 2.21. The minimum absolute atomic E-state index is 0.0883. The Morgan fingerprint density at radius 3 is 2.43 bits per heavy atom. The number of hydrogen-bond acceptors (Lipinski definition) is 5. The maximum absolute atomic E-state index is 13.7. The number of halogens is 1. The summed E-state index contributed by atoms with van der Waals surface area (Å²) in [5.41, 5.74) is 3.07. The number of hydrogen-bond donors (Lipinski definition) is 0. The van der Waals surface area contributed by atoms with Crippen LogP contribution in [-0.4, -0.2) is 31.6 Å². The van der Waals surface area contributed by atoms with Crippen LogP contribution in [0.25, 0.3) is 11.0 Å². The highest BCUT2D eigenvalue weighted by Crippen LogP contribution is 2.39. The molecule has 0 N–H and O–H groups in total. The van der Waals surface area contributed by atoms with Crippen LogP contribution in [-0.2, 0) is 6.42 Å².